The number of hydrogen-bond acceptors (Lipinski definition) is 3. The highest BCUT2D eigenvalue weighted by Gasteiger charge is 2.41. The second-order valence-electron chi connectivity index (χ2n) is 4.22. The van der Waals surface area contributed by atoms with Crippen molar-refractivity contribution >= 4 is 0 Å². The van der Waals surface area contributed by atoms with E-state index in [1.165, 1.54) is 13.2 Å². The lowest BCUT2D eigenvalue weighted by Gasteiger charge is -2.28. The molecule has 1 aromatic carbocycles. The largest absolute Gasteiger partial charge is 0.496 e. The summed E-state index contributed by atoms with van der Waals surface area (Å²) in [6, 6.07) is 3.31. The first-order valence-corrected chi connectivity index (χ1v) is 5.96. The van der Waals surface area contributed by atoms with Crippen molar-refractivity contribution in [2.45, 2.75) is 25.3 Å². The Bertz CT molecular complexity index is 451. The monoisotopic (exact) mass is 276 g/mol. The third-order valence-corrected chi connectivity index (χ3v) is 3.16. The van der Waals surface area contributed by atoms with Gasteiger partial charge in [0.25, 0.3) is 0 Å². The number of alkyl halides is 3. The fraction of sp³-hybridized carbons (Fsp3) is 0.538. The van der Waals surface area contributed by atoms with E-state index in [0.717, 1.165) is 12.1 Å². The zero-order valence-corrected chi connectivity index (χ0v) is 10.7. The first-order valence-electron chi connectivity index (χ1n) is 5.96. The molecule has 6 heteroatoms. The Morgan fingerprint density at radius 3 is 2.37 bits per heavy atom. The molecule has 2 rings (SSSR count). The molecule has 0 bridgehead atoms. The smallest absolute Gasteiger partial charge is 0.416 e. The van der Waals surface area contributed by atoms with Gasteiger partial charge in [-0.15, -0.1) is 0 Å². The molecule has 19 heavy (non-hydrogen) atoms. The zero-order valence-electron chi connectivity index (χ0n) is 10.7. The standard InChI is InChI=1S/C13H15F3O3/c1-3-12(18-6-7-19-12)10-8-9(13(14,15)16)4-5-11(10)17-2/h4-5,8H,3,6-7H2,1-2H3. The molecule has 0 unspecified atom stereocenters. The van der Waals surface area contributed by atoms with Crippen LogP contribution in [-0.2, 0) is 21.4 Å². The van der Waals surface area contributed by atoms with Crippen molar-refractivity contribution in [2.24, 2.45) is 0 Å². The number of ether oxygens (including phenoxy) is 3. The van der Waals surface area contributed by atoms with Crippen molar-refractivity contribution in [3.05, 3.63) is 29.3 Å². The highest BCUT2D eigenvalue weighted by molar-refractivity contribution is 5.41. The molecule has 106 valence electrons. The van der Waals surface area contributed by atoms with Gasteiger partial charge in [-0.2, -0.15) is 13.2 Å². The molecule has 1 aliphatic heterocycles. The van der Waals surface area contributed by atoms with Gasteiger partial charge in [0.15, 0.2) is 5.79 Å². The summed E-state index contributed by atoms with van der Waals surface area (Å²) in [5, 5.41) is 0. The minimum Gasteiger partial charge on any atom is -0.496 e. The highest BCUT2D eigenvalue weighted by atomic mass is 19.4. The van der Waals surface area contributed by atoms with E-state index >= 15 is 0 Å². The molecule has 1 aromatic rings. The summed E-state index contributed by atoms with van der Waals surface area (Å²) in [5.41, 5.74) is -0.458. The third-order valence-electron chi connectivity index (χ3n) is 3.16. The maximum absolute atomic E-state index is 12.8. The first kappa shape index (κ1) is 14.1. The predicted octanol–water partition coefficient (Wildman–Crippen LogP) is 3.32. The van der Waals surface area contributed by atoms with E-state index in [1.807, 2.05) is 0 Å². The maximum atomic E-state index is 12.8. The van der Waals surface area contributed by atoms with Crippen molar-refractivity contribution < 1.29 is 27.4 Å². The first-order chi connectivity index (χ1) is 8.93. The van der Waals surface area contributed by atoms with Crippen LogP contribution in [0.2, 0.25) is 0 Å². The number of hydrogen-bond donors (Lipinski definition) is 0. The van der Waals surface area contributed by atoms with E-state index in [-0.39, 0.29) is 5.56 Å². The summed E-state index contributed by atoms with van der Waals surface area (Å²) in [6.45, 7) is 2.51. The van der Waals surface area contributed by atoms with Crippen LogP contribution in [0.4, 0.5) is 13.2 Å². The lowest BCUT2D eigenvalue weighted by Crippen LogP contribution is -2.27. The van der Waals surface area contributed by atoms with Gasteiger partial charge in [0.1, 0.15) is 5.75 Å². The van der Waals surface area contributed by atoms with Gasteiger partial charge in [-0.25, -0.2) is 0 Å². The summed E-state index contributed by atoms with van der Waals surface area (Å²) in [4.78, 5) is 0. The molecule has 1 heterocycles. The molecule has 0 spiro atoms. The fourth-order valence-electron chi connectivity index (χ4n) is 2.19. The summed E-state index contributed by atoms with van der Waals surface area (Å²) < 4.78 is 54.5. The molecule has 0 radical (unpaired) electrons. The van der Waals surface area contributed by atoms with Gasteiger partial charge in [0.2, 0.25) is 0 Å². The average Bonchev–Trinajstić information content (AvgIpc) is 2.86. The van der Waals surface area contributed by atoms with Crippen LogP contribution in [0.5, 0.6) is 5.75 Å². The minimum atomic E-state index is -4.41. The van der Waals surface area contributed by atoms with Gasteiger partial charge >= 0.3 is 6.18 Å². The van der Waals surface area contributed by atoms with Crippen molar-refractivity contribution in [3.8, 4) is 5.75 Å². The quantitative estimate of drug-likeness (QED) is 0.847. The average molecular weight is 276 g/mol. The van der Waals surface area contributed by atoms with Gasteiger partial charge in [-0.05, 0) is 18.2 Å². The van der Waals surface area contributed by atoms with Crippen LogP contribution in [-0.4, -0.2) is 20.3 Å². The lowest BCUT2D eigenvalue weighted by atomic mass is 9.99. The van der Waals surface area contributed by atoms with Crippen molar-refractivity contribution in [1.29, 1.82) is 0 Å². The van der Waals surface area contributed by atoms with Gasteiger partial charge in [0.05, 0.1) is 31.5 Å². The Kier molecular flexibility index (Phi) is 3.73. The van der Waals surface area contributed by atoms with Gasteiger partial charge in [0, 0.05) is 6.42 Å². The Labute approximate surface area is 109 Å². The molecule has 0 aromatic heterocycles. The van der Waals surface area contributed by atoms with Crippen LogP contribution in [0, 0.1) is 0 Å². The molecule has 0 N–H and O–H groups in total. The van der Waals surface area contributed by atoms with Crippen LogP contribution >= 0.6 is 0 Å². The van der Waals surface area contributed by atoms with E-state index < -0.39 is 17.5 Å². The summed E-state index contributed by atoms with van der Waals surface area (Å²) >= 11 is 0. The molecule has 0 amide bonds. The van der Waals surface area contributed by atoms with Crippen LogP contribution in [0.15, 0.2) is 18.2 Å². The molecule has 0 saturated carbocycles. The van der Waals surface area contributed by atoms with E-state index in [2.05, 4.69) is 0 Å². The zero-order chi connectivity index (χ0) is 14.1. The molecule has 1 saturated heterocycles. The van der Waals surface area contributed by atoms with Crippen LogP contribution in [0.1, 0.15) is 24.5 Å². The van der Waals surface area contributed by atoms with Gasteiger partial charge in [-0.1, -0.05) is 6.92 Å². The second kappa shape index (κ2) is 5.02. The van der Waals surface area contributed by atoms with Crippen LogP contribution in [0.25, 0.3) is 0 Å². The number of rotatable bonds is 3. The van der Waals surface area contributed by atoms with E-state index in [9.17, 15) is 13.2 Å². The van der Waals surface area contributed by atoms with Gasteiger partial charge < -0.3 is 14.2 Å². The molecule has 0 aliphatic carbocycles. The fourth-order valence-corrected chi connectivity index (χ4v) is 2.19. The maximum Gasteiger partial charge on any atom is 0.416 e. The van der Waals surface area contributed by atoms with E-state index in [1.54, 1.807) is 6.92 Å². The summed E-state index contributed by atoms with van der Waals surface area (Å²) in [5.74, 6) is -0.816. The molecule has 0 atom stereocenters. The Hall–Kier alpha value is -1.27. The lowest BCUT2D eigenvalue weighted by molar-refractivity contribution is -0.169. The molecule has 1 fully saturated rings. The molecular weight excluding hydrogens is 261 g/mol. The Morgan fingerprint density at radius 2 is 1.89 bits per heavy atom. The van der Waals surface area contributed by atoms with Gasteiger partial charge in [-0.3, -0.25) is 0 Å². The highest BCUT2D eigenvalue weighted by Crippen LogP contribution is 2.42. The SMILES string of the molecule is CCC1(c2cc(C(F)(F)F)ccc2OC)OCCO1. The predicted molar refractivity (Wildman–Crippen MR) is 61.9 cm³/mol. The Balaban J connectivity index is 2.53. The van der Waals surface area contributed by atoms with E-state index in [4.69, 9.17) is 14.2 Å². The normalized spacial score (nSPS) is 18.6. The molecular formula is C13H15F3O3. The van der Waals surface area contributed by atoms with Crippen LogP contribution < -0.4 is 4.74 Å². The summed E-state index contributed by atoms with van der Waals surface area (Å²) in [7, 11) is 1.41. The van der Waals surface area contributed by atoms with E-state index in [0.29, 0.717) is 25.4 Å². The summed E-state index contributed by atoms with van der Waals surface area (Å²) in [6.07, 6.45) is -4.00. The van der Waals surface area contributed by atoms with Crippen LogP contribution in [0.3, 0.4) is 0 Å². The van der Waals surface area contributed by atoms with Crippen molar-refractivity contribution in [1.82, 2.24) is 0 Å². The van der Waals surface area contributed by atoms with Crippen molar-refractivity contribution in [3.63, 3.8) is 0 Å². The number of benzene rings is 1. The minimum absolute atomic E-state index is 0.282. The molecule has 1 aliphatic rings. The molecule has 3 nitrogen and oxygen atoms in total. The second-order valence-corrected chi connectivity index (χ2v) is 4.22. The topological polar surface area (TPSA) is 27.7 Å². The number of methoxy groups -OCH3 is 1. The Morgan fingerprint density at radius 1 is 1.26 bits per heavy atom. The van der Waals surface area contributed by atoms with Crippen molar-refractivity contribution in [2.75, 3.05) is 20.3 Å². The third kappa shape index (κ3) is 2.55. The number of halogens is 3.